The van der Waals surface area contributed by atoms with Crippen molar-refractivity contribution in [1.82, 2.24) is 9.97 Å². The highest BCUT2D eigenvalue weighted by atomic mass is 35.5. The Morgan fingerprint density at radius 1 is 1.10 bits per heavy atom. The molecule has 2 aromatic rings. The summed E-state index contributed by atoms with van der Waals surface area (Å²) in [6, 6.07) is 5.45. The molecular formula is C12H8Cl2F3N3. The summed E-state index contributed by atoms with van der Waals surface area (Å²) >= 11 is 11.2. The first-order chi connectivity index (χ1) is 9.29. The molecule has 1 aromatic heterocycles. The second-order valence-electron chi connectivity index (χ2n) is 3.95. The summed E-state index contributed by atoms with van der Waals surface area (Å²) in [5, 5.41) is -0.0708. The van der Waals surface area contributed by atoms with E-state index in [0.717, 1.165) is 6.20 Å². The Labute approximate surface area is 122 Å². The van der Waals surface area contributed by atoms with Crippen molar-refractivity contribution in [2.45, 2.75) is 12.2 Å². The molecule has 20 heavy (non-hydrogen) atoms. The summed E-state index contributed by atoms with van der Waals surface area (Å²) < 4.78 is 38.1. The minimum absolute atomic E-state index is 0.163. The molecule has 106 valence electrons. The summed E-state index contributed by atoms with van der Waals surface area (Å²) in [6.45, 7) is 0. The molecule has 0 aliphatic carbocycles. The quantitative estimate of drug-likeness (QED) is 0.914. The van der Waals surface area contributed by atoms with E-state index >= 15 is 0 Å². The number of nitrogens with zero attached hydrogens (tertiary/aromatic N) is 2. The van der Waals surface area contributed by atoms with Crippen molar-refractivity contribution in [2.75, 3.05) is 0 Å². The van der Waals surface area contributed by atoms with Crippen LogP contribution < -0.4 is 5.73 Å². The molecule has 1 unspecified atom stereocenters. The number of alkyl halides is 3. The summed E-state index contributed by atoms with van der Waals surface area (Å²) in [5.41, 5.74) is 5.20. The van der Waals surface area contributed by atoms with Crippen molar-refractivity contribution in [1.29, 1.82) is 0 Å². The largest absolute Gasteiger partial charge is 0.434 e. The lowest BCUT2D eigenvalue weighted by Crippen LogP contribution is -2.19. The maximum absolute atomic E-state index is 12.7. The Balaban J connectivity index is 2.40. The van der Waals surface area contributed by atoms with Gasteiger partial charge >= 0.3 is 6.18 Å². The lowest BCUT2D eigenvalue weighted by molar-refractivity contribution is -0.141. The Hall–Kier alpha value is -1.37. The van der Waals surface area contributed by atoms with Crippen LogP contribution in [-0.4, -0.2) is 9.97 Å². The van der Waals surface area contributed by atoms with Crippen molar-refractivity contribution in [3.63, 3.8) is 0 Å². The van der Waals surface area contributed by atoms with Gasteiger partial charge in [0.2, 0.25) is 0 Å². The number of benzene rings is 1. The SMILES string of the molecule is NC(c1ccc(Cl)cc1)c1ncc(Cl)c(C(F)(F)F)n1. The van der Waals surface area contributed by atoms with E-state index in [1.54, 1.807) is 24.3 Å². The van der Waals surface area contributed by atoms with E-state index in [4.69, 9.17) is 28.9 Å². The molecule has 1 heterocycles. The van der Waals surface area contributed by atoms with Crippen LogP contribution in [-0.2, 0) is 6.18 Å². The van der Waals surface area contributed by atoms with Crippen molar-refractivity contribution in [3.05, 3.63) is 57.6 Å². The highest BCUT2D eigenvalue weighted by Crippen LogP contribution is 2.33. The molecule has 0 radical (unpaired) electrons. The molecule has 3 nitrogen and oxygen atoms in total. The van der Waals surface area contributed by atoms with Crippen molar-refractivity contribution >= 4 is 23.2 Å². The van der Waals surface area contributed by atoms with Crippen molar-refractivity contribution in [2.24, 2.45) is 5.73 Å². The zero-order valence-electron chi connectivity index (χ0n) is 9.83. The summed E-state index contributed by atoms with van der Waals surface area (Å²) in [4.78, 5) is 7.17. The first kappa shape index (κ1) is 15.0. The van der Waals surface area contributed by atoms with Gasteiger partial charge in [-0.25, -0.2) is 9.97 Å². The van der Waals surface area contributed by atoms with E-state index in [-0.39, 0.29) is 5.82 Å². The van der Waals surface area contributed by atoms with E-state index in [1.165, 1.54) is 0 Å². The summed E-state index contributed by atoms with van der Waals surface area (Å²) in [5.74, 6) is -0.163. The van der Waals surface area contributed by atoms with Crippen LogP contribution in [0.1, 0.15) is 23.1 Å². The molecule has 0 spiro atoms. The van der Waals surface area contributed by atoms with E-state index < -0.39 is 22.9 Å². The van der Waals surface area contributed by atoms with Crippen LogP contribution in [0.25, 0.3) is 0 Å². The minimum Gasteiger partial charge on any atom is -0.318 e. The predicted molar refractivity (Wildman–Crippen MR) is 69.5 cm³/mol. The van der Waals surface area contributed by atoms with E-state index in [2.05, 4.69) is 9.97 Å². The van der Waals surface area contributed by atoms with Gasteiger partial charge in [-0.3, -0.25) is 0 Å². The van der Waals surface area contributed by atoms with Gasteiger partial charge in [-0.05, 0) is 17.7 Å². The first-order valence-corrected chi connectivity index (χ1v) is 6.15. The fourth-order valence-electron chi connectivity index (χ4n) is 1.55. The zero-order chi connectivity index (χ0) is 14.9. The molecule has 8 heteroatoms. The molecule has 2 rings (SSSR count). The monoisotopic (exact) mass is 321 g/mol. The second-order valence-corrected chi connectivity index (χ2v) is 4.80. The molecule has 0 amide bonds. The highest BCUT2D eigenvalue weighted by molar-refractivity contribution is 6.31. The van der Waals surface area contributed by atoms with Gasteiger partial charge in [0.25, 0.3) is 0 Å². The average Bonchev–Trinajstić information content (AvgIpc) is 2.38. The number of hydrogen-bond donors (Lipinski definition) is 1. The van der Waals surface area contributed by atoms with Crippen LogP contribution in [0.2, 0.25) is 10.0 Å². The number of rotatable bonds is 2. The normalized spacial score (nSPS) is 13.3. The molecule has 0 bridgehead atoms. The smallest absolute Gasteiger partial charge is 0.318 e. The number of hydrogen-bond acceptors (Lipinski definition) is 3. The molecule has 2 N–H and O–H groups in total. The Morgan fingerprint density at radius 2 is 1.70 bits per heavy atom. The molecule has 0 aliphatic rings. The summed E-state index contributed by atoms with van der Waals surface area (Å²) in [6.07, 6.45) is -3.77. The van der Waals surface area contributed by atoms with E-state index in [9.17, 15) is 13.2 Å². The first-order valence-electron chi connectivity index (χ1n) is 5.39. The average molecular weight is 322 g/mol. The molecule has 0 saturated heterocycles. The van der Waals surface area contributed by atoms with E-state index in [0.29, 0.717) is 10.6 Å². The van der Waals surface area contributed by atoms with Crippen LogP contribution in [0.4, 0.5) is 13.2 Å². The molecule has 1 atom stereocenters. The van der Waals surface area contributed by atoms with Crippen LogP contribution in [0, 0.1) is 0 Å². The van der Waals surface area contributed by atoms with Gasteiger partial charge in [0, 0.05) is 11.2 Å². The third-order valence-electron chi connectivity index (χ3n) is 2.54. The lowest BCUT2D eigenvalue weighted by atomic mass is 10.1. The highest BCUT2D eigenvalue weighted by Gasteiger charge is 2.36. The van der Waals surface area contributed by atoms with Gasteiger partial charge in [-0.1, -0.05) is 35.3 Å². The molecule has 1 aromatic carbocycles. The van der Waals surface area contributed by atoms with Gasteiger partial charge in [-0.2, -0.15) is 13.2 Å². The second kappa shape index (κ2) is 5.55. The number of nitrogens with two attached hydrogens (primary N) is 1. The third kappa shape index (κ3) is 3.20. The Morgan fingerprint density at radius 3 is 2.25 bits per heavy atom. The summed E-state index contributed by atoms with van der Waals surface area (Å²) in [7, 11) is 0. The van der Waals surface area contributed by atoms with Crippen molar-refractivity contribution < 1.29 is 13.2 Å². The zero-order valence-corrected chi connectivity index (χ0v) is 11.3. The van der Waals surface area contributed by atoms with Gasteiger partial charge < -0.3 is 5.73 Å². The van der Waals surface area contributed by atoms with Gasteiger partial charge in [0.15, 0.2) is 5.69 Å². The fourth-order valence-corrected chi connectivity index (χ4v) is 1.87. The minimum atomic E-state index is -4.66. The third-order valence-corrected chi connectivity index (χ3v) is 3.07. The predicted octanol–water partition coefficient (Wildman–Crippen LogP) is 3.85. The van der Waals surface area contributed by atoms with E-state index in [1.807, 2.05) is 0 Å². The van der Waals surface area contributed by atoms with Crippen LogP contribution in [0.15, 0.2) is 30.5 Å². The Bertz CT molecular complexity index is 614. The Kier molecular flexibility index (Phi) is 4.17. The lowest BCUT2D eigenvalue weighted by Gasteiger charge is -2.14. The van der Waals surface area contributed by atoms with Crippen LogP contribution in [0.5, 0.6) is 0 Å². The van der Waals surface area contributed by atoms with Gasteiger partial charge in [0.05, 0.1) is 11.1 Å². The van der Waals surface area contributed by atoms with Crippen molar-refractivity contribution in [3.8, 4) is 0 Å². The standard InChI is InChI=1S/C12H8Cl2F3N3/c13-7-3-1-6(2-4-7)9(18)11-19-5-8(14)10(20-11)12(15,16)17/h1-5,9H,18H2. The van der Waals surface area contributed by atoms with Crippen LogP contribution >= 0.6 is 23.2 Å². The number of aromatic nitrogens is 2. The molecular weight excluding hydrogens is 314 g/mol. The molecule has 0 fully saturated rings. The van der Waals surface area contributed by atoms with Gasteiger partial charge in [-0.15, -0.1) is 0 Å². The maximum atomic E-state index is 12.7. The number of halogens is 5. The molecule has 0 saturated carbocycles. The topological polar surface area (TPSA) is 51.8 Å². The molecule has 0 aliphatic heterocycles. The van der Waals surface area contributed by atoms with Gasteiger partial charge in [0.1, 0.15) is 5.82 Å². The maximum Gasteiger partial charge on any atom is 0.434 e. The fraction of sp³-hybridized carbons (Fsp3) is 0.167. The van der Waals surface area contributed by atoms with Crippen LogP contribution in [0.3, 0.4) is 0 Å².